The van der Waals surface area contributed by atoms with Gasteiger partial charge in [0.15, 0.2) is 0 Å². The Morgan fingerprint density at radius 1 is 1.32 bits per heavy atom. The minimum atomic E-state index is -0.371. The first-order valence-corrected chi connectivity index (χ1v) is 6.18. The number of anilines is 1. The molecule has 0 spiro atoms. The minimum absolute atomic E-state index is 0.129. The van der Waals surface area contributed by atoms with E-state index in [9.17, 15) is 9.59 Å². The van der Waals surface area contributed by atoms with Crippen LogP contribution in [0.2, 0.25) is 0 Å². The predicted molar refractivity (Wildman–Crippen MR) is 73.6 cm³/mol. The molecule has 1 amide bonds. The molecule has 0 aliphatic carbocycles. The van der Waals surface area contributed by atoms with Gasteiger partial charge in [-0.25, -0.2) is 4.79 Å². The summed E-state index contributed by atoms with van der Waals surface area (Å²) < 4.78 is 4.77. The summed E-state index contributed by atoms with van der Waals surface area (Å²) in [5.41, 5.74) is 1.84. The van der Waals surface area contributed by atoms with Gasteiger partial charge < -0.3 is 15.4 Å². The second kappa shape index (κ2) is 7.41. The van der Waals surface area contributed by atoms with Crippen molar-refractivity contribution in [1.29, 1.82) is 0 Å². The molecule has 1 atom stereocenters. The maximum absolute atomic E-state index is 11.6. The van der Waals surface area contributed by atoms with Crippen LogP contribution in [0.15, 0.2) is 24.3 Å². The summed E-state index contributed by atoms with van der Waals surface area (Å²) in [5.74, 6) is -0.148. The van der Waals surface area contributed by atoms with Gasteiger partial charge in [-0.05, 0) is 23.6 Å². The molecule has 0 saturated heterocycles. The number of rotatable bonds is 7. The average molecular weight is 264 g/mol. The van der Waals surface area contributed by atoms with Crippen LogP contribution in [-0.4, -0.2) is 25.5 Å². The van der Waals surface area contributed by atoms with E-state index in [2.05, 4.69) is 10.6 Å². The molecule has 104 valence electrons. The normalized spacial score (nSPS) is 11.8. The van der Waals surface area contributed by atoms with Crippen molar-refractivity contribution < 1.29 is 14.3 Å². The second-order valence-electron chi connectivity index (χ2n) is 4.58. The molecule has 0 aliphatic rings. The van der Waals surface area contributed by atoms with Crippen LogP contribution < -0.4 is 10.6 Å². The third-order valence-corrected chi connectivity index (χ3v) is 2.79. The van der Waals surface area contributed by atoms with E-state index < -0.39 is 0 Å². The van der Waals surface area contributed by atoms with Crippen LogP contribution in [0.5, 0.6) is 0 Å². The number of benzene rings is 1. The molecule has 19 heavy (non-hydrogen) atoms. The topological polar surface area (TPSA) is 67.4 Å². The minimum Gasteiger partial charge on any atom is -0.467 e. The Hall–Kier alpha value is -2.04. The van der Waals surface area contributed by atoms with Crippen LogP contribution in [0.1, 0.15) is 19.4 Å². The number of carbonyl (C=O) groups excluding carboxylic acids is 2. The van der Waals surface area contributed by atoms with Crippen molar-refractivity contribution in [3.63, 3.8) is 0 Å². The summed E-state index contributed by atoms with van der Waals surface area (Å²) in [6.07, 6.45) is 0.665. The fourth-order valence-electron chi connectivity index (χ4n) is 1.68. The van der Waals surface area contributed by atoms with E-state index in [0.717, 1.165) is 11.3 Å². The van der Waals surface area contributed by atoms with Crippen LogP contribution in [-0.2, 0) is 20.9 Å². The lowest BCUT2D eigenvalue weighted by Gasteiger charge is -2.21. The van der Waals surface area contributed by atoms with E-state index in [-0.39, 0.29) is 17.9 Å². The van der Waals surface area contributed by atoms with E-state index >= 15 is 0 Å². The highest BCUT2D eigenvalue weighted by Crippen LogP contribution is 2.15. The SMILES string of the molecule is COC(=O)C(Nc1ccc(CNC=O)cc1)C(C)C. The molecule has 5 heteroatoms. The molecule has 1 rings (SSSR count). The smallest absolute Gasteiger partial charge is 0.328 e. The number of ether oxygens (including phenoxy) is 1. The molecule has 0 saturated carbocycles. The maximum Gasteiger partial charge on any atom is 0.328 e. The summed E-state index contributed by atoms with van der Waals surface area (Å²) in [6, 6.07) is 7.17. The van der Waals surface area contributed by atoms with Gasteiger partial charge in [0.1, 0.15) is 6.04 Å². The predicted octanol–water partition coefficient (Wildman–Crippen LogP) is 1.54. The summed E-state index contributed by atoms with van der Waals surface area (Å²) in [5, 5.41) is 5.74. The Balaban J connectivity index is 2.69. The van der Waals surface area contributed by atoms with E-state index in [1.54, 1.807) is 0 Å². The Bertz CT molecular complexity index is 415. The number of methoxy groups -OCH3 is 1. The Kier molecular flexibility index (Phi) is 5.85. The zero-order valence-corrected chi connectivity index (χ0v) is 11.5. The number of amides is 1. The molecule has 5 nitrogen and oxygen atoms in total. The maximum atomic E-state index is 11.6. The zero-order valence-electron chi connectivity index (χ0n) is 11.5. The second-order valence-corrected chi connectivity index (χ2v) is 4.58. The van der Waals surface area contributed by atoms with Gasteiger partial charge in [0.05, 0.1) is 7.11 Å². The van der Waals surface area contributed by atoms with Crippen molar-refractivity contribution in [2.75, 3.05) is 12.4 Å². The number of esters is 1. The highest BCUT2D eigenvalue weighted by atomic mass is 16.5. The third kappa shape index (κ3) is 4.62. The number of carbonyl (C=O) groups is 2. The first kappa shape index (κ1) is 15.0. The molecule has 0 aliphatic heterocycles. The van der Waals surface area contributed by atoms with E-state index in [1.165, 1.54) is 7.11 Å². The van der Waals surface area contributed by atoms with Gasteiger partial charge in [-0.15, -0.1) is 0 Å². The fourth-order valence-corrected chi connectivity index (χ4v) is 1.68. The van der Waals surface area contributed by atoms with Crippen molar-refractivity contribution in [1.82, 2.24) is 5.32 Å². The molecular formula is C14H20N2O3. The Labute approximate surface area is 113 Å². The van der Waals surface area contributed by atoms with Crippen LogP contribution in [0.4, 0.5) is 5.69 Å². The molecule has 0 aromatic heterocycles. The van der Waals surface area contributed by atoms with Gasteiger partial charge in [0, 0.05) is 12.2 Å². The van der Waals surface area contributed by atoms with Gasteiger partial charge in [0.25, 0.3) is 0 Å². The summed E-state index contributed by atoms with van der Waals surface area (Å²) in [6.45, 7) is 4.41. The molecule has 0 radical (unpaired) electrons. The Morgan fingerprint density at radius 2 is 1.95 bits per heavy atom. The van der Waals surface area contributed by atoms with Crippen LogP contribution in [0, 0.1) is 5.92 Å². The Morgan fingerprint density at radius 3 is 2.42 bits per heavy atom. The van der Waals surface area contributed by atoms with Crippen LogP contribution >= 0.6 is 0 Å². The number of hydrogen-bond donors (Lipinski definition) is 2. The number of hydrogen-bond acceptors (Lipinski definition) is 4. The average Bonchev–Trinajstić information content (AvgIpc) is 2.42. The highest BCUT2D eigenvalue weighted by Gasteiger charge is 2.22. The lowest BCUT2D eigenvalue weighted by atomic mass is 10.0. The van der Waals surface area contributed by atoms with Crippen molar-refractivity contribution in [3.05, 3.63) is 29.8 Å². The summed E-state index contributed by atoms with van der Waals surface area (Å²) >= 11 is 0. The van der Waals surface area contributed by atoms with Crippen molar-refractivity contribution >= 4 is 18.1 Å². The van der Waals surface area contributed by atoms with Crippen molar-refractivity contribution in [2.24, 2.45) is 5.92 Å². The fraction of sp³-hybridized carbons (Fsp3) is 0.429. The molecule has 1 aromatic rings. The van der Waals surface area contributed by atoms with Crippen LogP contribution in [0.25, 0.3) is 0 Å². The number of nitrogens with one attached hydrogen (secondary N) is 2. The molecule has 0 fully saturated rings. The lowest BCUT2D eigenvalue weighted by Crippen LogP contribution is -2.35. The molecule has 2 N–H and O–H groups in total. The van der Waals surface area contributed by atoms with Gasteiger partial charge in [-0.1, -0.05) is 26.0 Å². The molecule has 1 unspecified atom stereocenters. The summed E-state index contributed by atoms with van der Waals surface area (Å²) in [7, 11) is 1.38. The molecule has 0 heterocycles. The largest absolute Gasteiger partial charge is 0.467 e. The lowest BCUT2D eigenvalue weighted by molar-refractivity contribution is -0.142. The summed E-state index contributed by atoms with van der Waals surface area (Å²) in [4.78, 5) is 21.8. The standard InChI is InChI=1S/C14H20N2O3/c1-10(2)13(14(18)19-3)16-12-6-4-11(5-7-12)8-15-9-17/h4-7,9-10,13,16H,8H2,1-3H3,(H,15,17). The monoisotopic (exact) mass is 264 g/mol. The quantitative estimate of drug-likeness (QED) is 0.579. The zero-order chi connectivity index (χ0) is 14.3. The first-order valence-electron chi connectivity index (χ1n) is 6.18. The molecule has 1 aromatic carbocycles. The molecule has 0 bridgehead atoms. The van der Waals surface area contributed by atoms with E-state index in [1.807, 2.05) is 38.1 Å². The third-order valence-electron chi connectivity index (χ3n) is 2.79. The van der Waals surface area contributed by atoms with Gasteiger partial charge in [-0.3, -0.25) is 4.79 Å². The van der Waals surface area contributed by atoms with E-state index in [0.29, 0.717) is 13.0 Å². The van der Waals surface area contributed by atoms with Crippen molar-refractivity contribution in [2.45, 2.75) is 26.4 Å². The van der Waals surface area contributed by atoms with Crippen molar-refractivity contribution in [3.8, 4) is 0 Å². The van der Waals surface area contributed by atoms with Crippen LogP contribution in [0.3, 0.4) is 0 Å². The molecular weight excluding hydrogens is 244 g/mol. The van der Waals surface area contributed by atoms with Gasteiger partial charge in [0.2, 0.25) is 6.41 Å². The highest BCUT2D eigenvalue weighted by molar-refractivity contribution is 5.79. The van der Waals surface area contributed by atoms with Gasteiger partial charge >= 0.3 is 5.97 Å². The first-order chi connectivity index (χ1) is 9.08. The van der Waals surface area contributed by atoms with E-state index in [4.69, 9.17) is 4.74 Å². The van der Waals surface area contributed by atoms with Gasteiger partial charge in [-0.2, -0.15) is 0 Å².